The maximum absolute atomic E-state index is 12.3. The first-order valence-electron chi connectivity index (χ1n) is 7.74. The molecule has 0 aliphatic carbocycles. The van der Waals surface area contributed by atoms with E-state index in [0.29, 0.717) is 19.7 Å². The van der Waals surface area contributed by atoms with Gasteiger partial charge in [0.2, 0.25) is 0 Å². The van der Waals surface area contributed by atoms with Gasteiger partial charge in [-0.2, -0.15) is 0 Å². The summed E-state index contributed by atoms with van der Waals surface area (Å²) in [7, 11) is -2.99. The molecule has 0 aromatic carbocycles. The average Bonchev–Trinajstić information content (AvgIpc) is 2.84. The van der Waals surface area contributed by atoms with Crippen LogP contribution in [0.15, 0.2) is 0 Å². The smallest absolute Gasteiger partial charge is 0.317 e. The summed E-state index contributed by atoms with van der Waals surface area (Å²) in [5.41, 5.74) is 0. The SMILES string of the molecule is CC[C@@H]1OCC[C@H]1NC(=O)N1CCCC(CS(C)(=O)=O)C1. The topological polar surface area (TPSA) is 75.7 Å². The number of urea groups is 1. The summed E-state index contributed by atoms with van der Waals surface area (Å²) in [5, 5.41) is 3.05. The molecule has 2 fully saturated rings. The number of hydrogen-bond acceptors (Lipinski definition) is 4. The van der Waals surface area contributed by atoms with E-state index in [1.54, 1.807) is 4.90 Å². The Labute approximate surface area is 127 Å². The summed E-state index contributed by atoms with van der Waals surface area (Å²) >= 11 is 0. The fourth-order valence-electron chi connectivity index (χ4n) is 3.28. The molecule has 1 unspecified atom stereocenters. The van der Waals surface area contributed by atoms with Crippen LogP contribution in [0.1, 0.15) is 32.6 Å². The number of hydrogen-bond donors (Lipinski definition) is 1. The monoisotopic (exact) mass is 318 g/mol. The molecule has 0 spiro atoms. The Bertz CT molecular complexity index is 466. The highest BCUT2D eigenvalue weighted by Gasteiger charge is 2.31. The highest BCUT2D eigenvalue weighted by atomic mass is 32.2. The molecule has 0 aromatic heterocycles. The molecule has 1 N–H and O–H groups in total. The van der Waals surface area contributed by atoms with Crippen LogP contribution in [-0.2, 0) is 14.6 Å². The van der Waals surface area contributed by atoms with E-state index < -0.39 is 9.84 Å². The molecule has 0 aromatic rings. The minimum atomic E-state index is -2.99. The number of carbonyl (C=O) groups excluding carboxylic acids is 1. The molecule has 122 valence electrons. The molecular weight excluding hydrogens is 292 g/mol. The van der Waals surface area contributed by atoms with E-state index in [4.69, 9.17) is 4.74 Å². The second-order valence-corrected chi connectivity index (χ2v) is 8.39. The molecule has 2 rings (SSSR count). The third-order valence-electron chi connectivity index (χ3n) is 4.27. The maximum Gasteiger partial charge on any atom is 0.317 e. The second-order valence-electron chi connectivity index (χ2n) is 6.21. The number of carbonyl (C=O) groups is 1. The van der Waals surface area contributed by atoms with Gasteiger partial charge >= 0.3 is 6.03 Å². The van der Waals surface area contributed by atoms with Gasteiger partial charge in [-0.3, -0.25) is 0 Å². The van der Waals surface area contributed by atoms with Crippen molar-refractivity contribution in [2.75, 3.05) is 31.7 Å². The Morgan fingerprint density at radius 1 is 1.38 bits per heavy atom. The van der Waals surface area contributed by atoms with Crippen LogP contribution in [0.3, 0.4) is 0 Å². The first-order valence-corrected chi connectivity index (χ1v) is 9.80. The third kappa shape index (κ3) is 4.85. The van der Waals surface area contributed by atoms with Gasteiger partial charge in [0, 0.05) is 26.0 Å². The van der Waals surface area contributed by atoms with Crippen molar-refractivity contribution in [3.8, 4) is 0 Å². The number of ether oxygens (including phenoxy) is 1. The quantitative estimate of drug-likeness (QED) is 0.840. The normalized spacial score (nSPS) is 30.4. The van der Waals surface area contributed by atoms with Crippen LogP contribution in [0.2, 0.25) is 0 Å². The van der Waals surface area contributed by atoms with Gasteiger partial charge in [0.25, 0.3) is 0 Å². The summed E-state index contributed by atoms with van der Waals surface area (Å²) in [4.78, 5) is 14.1. The van der Waals surface area contributed by atoms with Crippen molar-refractivity contribution in [3.05, 3.63) is 0 Å². The van der Waals surface area contributed by atoms with Crippen LogP contribution < -0.4 is 5.32 Å². The number of sulfone groups is 1. The number of amides is 2. The lowest BCUT2D eigenvalue weighted by Crippen LogP contribution is -2.51. The van der Waals surface area contributed by atoms with E-state index in [-0.39, 0.29) is 29.8 Å². The predicted molar refractivity (Wildman–Crippen MR) is 81.0 cm³/mol. The number of rotatable bonds is 4. The van der Waals surface area contributed by atoms with Crippen LogP contribution in [0.25, 0.3) is 0 Å². The van der Waals surface area contributed by atoms with Crippen LogP contribution in [0.5, 0.6) is 0 Å². The maximum atomic E-state index is 12.3. The molecular formula is C14H26N2O4S. The Balaban J connectivity index is 1.87. The number of piperidine rings is 1. The van der Waals surface area contributed by atoms with Crippen molar-refractivity contribution < 1.29 is 17.9 Å². The van der Waals surface area contributed by atoms with Crippen molar-refractivity contribution in [2.45, 2.75) is 44.8 Å². The Hall–Kier alpha value is -0.820. The van der Waals surface area contributed by atoms with Gasteiger partial charge < -0.3 is 15.0 Å². The molecule has 2 saturated heterocycles. The van der Waals surface area contributed by atoms with Crippen LogP contribution in [-0.4, -0.2) is 63.2 Å². The number of nitrogens with one attached hydrogen (secondary N) is 1. The standard InChI is InChI=1S/C14H26N2O4S/c1-3-13-12(6-8-20-13)15-14(17)16-7-4-5-11(9-16)10-21(2,18)19/h11-13H,3-10H2,1-2H3,(H,15,17)/t11?,12-,13+/m1/s1. The largest absolute Gasteiger partial charge is 0.376 e. The molecule has 2 heterocycles. The second kappa shape index (κ2) is 6.96. The highest BCUT2D eigenvalue weighted by Crippen LogP contribution is 2.20. The van der Waals surface area contributed by atoms with E-state index in [2.05, 4.69) is 12.2 Å². The number of nitrogens with zero attached hydrogens (tertiary/aromatic N) is 1. The van der Waals surface area contributed by atoms with Gasteiger partial charge in [-0.05, 0) is 31.6 Å². The first kappa shape index (κ1) is 16.5. The van der Waals surface area contributed by atoms with Crippen molar-refractivity contribution in [2.24, 2.45) is 5.92 Å². The lowest BCUT2D eigenvalue weighted by Gasteiger charge is -2.33. The minimum Gasteiger partial charge on any atom is -0.376 e. The summed E-state index contributed by atoms with van der Waals surface area (Å²) < 4.78 is 28.4. The Morgan fingerprint density at radius 2 is 2.14 bits per heavy atom. The average molecular weight is 318 g/mol. The summed E-state index contributed by atoms with van der Waals surface area (Å²) in [6.45, 7) is 3.98. The fourth-order valence-corrected chi connectivity index (χ4v) is 4.41. The van der Waals surface area contributed by atoms with Crippen LogP contribution in [0.4, 0.5) is 4.79 Å². The van der Waals surface area contributed by atoms with E-state index >= 15 is 0 Å². The Kier molecular flexibility index (Phi) is 5.48. The van der Waals surface area contributed by atoms with E-state index in [1.165, 1.54) is 6.26 Å². The molecule has 0 bridgehead atoms. The Morgan fingerprint density at radius 3 is 2.81 bits per heavy atom. The van der Waals surface area contributed by atoms with Crippen molar-refractivity contribution in [3.63, 3.8) is 0 Å². The summed E-state index contributed by atoms with van der Waals surface area (Å²) in [6, 6.07) is -0.0000599. The lowest BCUT2D eigenvalue weighted by molar-refractivity contribution is 0.0936. The van der Waals surface area contributed by atoms with Crippen molar-refractivity contribution in [1.82, 2.24) is 10.2 Å². The first-order chi connectivity index (χ1) is 9.89. The predicted octanol–water partition coefficient (Wildman–Crippen LogP) is 1.02. The summed E-state index contributed by atoms with van der Waals surface area (Å²) in [5.74, 6) is 0.224. The van der Waals surface area contributed by atoms with Crippen molar-refractivity contribution in [1.29, 1.82) is 0 Å². The number of likely N-dealkylation sites (tertiary alicyclic amines) is 1. The highest BCUT2D eigenvalue weighted by molar-refractivity contribution is 7.90. The molecule has 6 nitrogen and oxygen atoms in total. The zero-order valence-corrected chi connectivity index (χ0v) is 13.7. The molecule has 2 aliphatic rings. The molecule has 21 heavy (non-hydrogen) atoms. The van der Waals surface area contributed by atoms with E-state index in [0.717, 1.165) is 25.7 Å². The van der Waals surface area contributed by atoms with E-state index in [1.807, 2.05) is 0 Å². The lowest BCUT2D eigenvalue weighted by atomic mass is 10.0. The molecule has 3 atom stereocenters. The third-order valence-corrected chi connectivity index (χ3v) is 5.34. The minimum absolute atomic E-state index is 0.0568. The van der Waals surface area contributed by atoms with Gasteiger partial charge in [0.05, 0.1) is 17.9 Å². The molecule has 2 aliphatic heterocycles. The molecule has 0 radical (unpaired) electrons. The molecule has 0 saturated carbocycles. The van der Waals surface area contributed by atoms with Gasteiger partial charge in [0.1, 0.15) is 9.84 Å². The van der Waals surface area contributed by atoms with Crippen molar-refractivity contribution >= 4 is 15.9 Å². The zero-order valence-electron chi connectivity index (χ0n) is 12.9. The summed E-state index contributed by atoms with van der Waals surface area (Å²) in [6.07, 6.45) is 4.85. The van der Waals surface area contributed by atoms with E-state index in [9.17, 15) is 13.2 Å². The molecule has 2 amide bonds. The zero-order chi connectivity index (χ0) is 15.5. The van der Waals surface area contributed by atoms with Crippen LogP contribution in [0, 0.1) is 5.92 Å². The van der Waals surface area contributed by atoms with Gasteiger partial charge in [-0.1, -0.05) is 6.92 Å². The van der Waals surface area contributed by atoms with Gasteiger partial charge in [-0.15, -0.1) is 0 Å². The van der Waals surface area contributed by atoms with Crippen LogP contribution >= 0.6 is 0 Å². The molecule has 7 heteroatoms. The van der Waals surface area contributed by atoms with Gasteiger partial charge in [-0.25, -0.2) is 13.2 Å². The fraction of sp³-hybridized carbons (Fsp3) is 0.929. The van der Waals surface area contributed by atoms with Gasteiger partial charge in [0.15, 0.2) is 0 Å².